The van der Waals surface area contributed by atoms with Crippen LogP contribution >= 0.6 is 23.1 Å². The van der Waals surface area contributed by atoms with Crippen molar-refractivity contribution in [1.29, 1.82) is 0 Å². The quantitative estimate of drug-likeness (QED) is 0.354. The molecule has 7 heteroatoms. The molecule has 0 aliphatic rings. The van der Waals surface area contributed by atoms with E-state index >= 15 is 0 Å². The Labute approximate surface area is 183 Å². The van der Waals surface area contributed by atoms with Gasteiger partial charge < -0.3 is 10.6 Å². The number of benzene rings is 3. The SMILES string of the molecule is O=C(Nc1ccccc1)C(Sc1nnc(NCc2ccccc2)s1)c1ccccc1. The lowest BCUT2D eigenvalue weighted by Gasteiger charge is -2.15. The molecule has 0 saturated heterocycles. The summed E-state index contributed by atoms with van der Waals surface area (Å²) in [5.41, 5.74) is 2.86. The van der Waals surface area contributed by atoms with E-state index in [0.29, 0.717) is 6.54 Å². The number of carbonyl (C=O) groups excluding carboxylic acids is 1. The summed E-state index contributed by atoms with van der Waals surface area (Å²) in [6.07, 6.45) is 0. The van der Waals surface area contributed by atoms with Gasteiger partial charge in [0.25, 0.3) is 0 Å². The third-order valence-electron chi connectivity index (χ3n) is 4.29. The molecule has 1 unspecified atom stereocenters. The van der Waals surface area contributed by atoms with Crippen molar-refractivity contribution in [2.24, 2.45) is 0 Å². The van der Waals surface area contributed by atoms with E-state index in [4.69, 9.17) is 0 Å². The van der Waals surface area contributed by atoms with Crippen LogP contribution in [0.3, 0.4) is 0 Å². The average Bonchev–Trinajstić information content (AvgIpc) is 3.25. The maximum Gasteiger partial charge on any atom is 0.242 e. The number of anilines is 2. The zero-order valence-corrected chi connectivity index (χ0v) is 17.7. The van der Waals surface area contributed by atoms with Crippen molar-refractivity contribution in [2.75, 3.05) is 10.6 Å². The third-order valence-corrected chi connectivity index (χ3v) is 6.51. The van der Waals surface area contributed by atoms with Crippen LogP contribution in [0.2, 0.25) is 0 Å². The second kappa shape index (κ2) is 10.0. The Morgan fingerprint density at radius 2 is 1.50 bits per heavy atom. The molecule has 1 atom stereocenters. The van der Waals surface area contributed by atoms with Gasteiger partial charge in [-0.05, 0) is 23.3 Å². The van der Waals surface area contributed by atoms with Gasteiger partial charge in [0.1, 0.15) is 5.25 Å². The smallest absolute Gasteiger partial charge is 0.242 e. The van der Waals surface area contributed by atoms with Crippen molar-refractivity contribution in [3.05, 3.63) is 102 Å². The molecule has 0 bridgehead atoms. The number of thioether (sulfide) groups is 1. The van der Waals surface area contributed by atoms with Crippen molar-refractivity contribution in [3.63, 3.8) is 0 Å². The molecule has 150 valence electrons. The largest absolute Gasteiger partial charge is 0.356 e. The Morgan fingerprint density at radius 3 is 2.20 bits per heavy atom. The van der Waals surface area contributed by atoms with Crippen LogP contribution in [0.4, 0.5) is 10.8 Å². The van der Waals surface area contributed by atoms with Crippen LogP contribution in [0, 0.1) is 0 Å². The highest BCUT2D eigenvalue weighted by Gasteiger charge is 2.24. The summed E-state index contributed by atoms with van der Waals surface area (Å²) in [6, 6.07) is 29.3. The highest BCUT2D eigenvalue weighted by atomic mass is 32.2. The van der Waals surface area contributed by atoms with Crippen LogP contribution in [0.15, 0.2) is 95.3 Å². The van der Waals surface area contributed by atoms with Gasteiger partial charge >= 0.3 is 0 Å². The Kier molecular flexibility index (Phi) is 6.74. The summed E-state index contributed by atoms with van der Waals surface area (Å²) in [5.74, 6) is -0.0913. The fourth-order valence-electron chi connectivity index (χ4n) is 2.83. The van der Waals surface area contributed by atoms with Crippen LogP contribution in [-0.2, 0) is 11.3 Å². The van der Waals surface area contributed by atoms with Crippen LogP contribution in [-0.4, -0.2) is 16.1 Å². The fourth-order valence-corrected chi connectivity index (χ4v) is 4.77. The van der Waals surface area contributed by atoms with Crippen LogP contribution in [0.1, 0.15) is 16.4 Å². The summed E-state index contributed by atoms with van der Waals surface area (Å²) >= 11 is 2.85. The Balaban J connectivity index is 1.47. The molecule has 30 heavy (non-hydrogen) atoms. The summed E-state index contributed by atoms with van der Waals surface area (Å²) in [4.78, 5) is 13.0. The summed E-state index contributed by atoms with van der Waals surface area (Å²) in [7, 11) is 0. The molecule has 1 aromatic heterocycles. The fraction of sp³-hybridized carbons (Fsp3) is 0.0870. The zero-order valence-electron chi connectivity index (χ0n) is 16.1. The number of carbonyl (C=O) groups is 1. The number of aromatic nitrogens is 2. The van der Waals surface area contributed by atoms with Gasteiger partial charge in [0.05, 0.1) is 0 Å². The second-order valence-electron chi connectivity index (χ2n) is 6.48. The van der Waals surface area contributed by atoms with E-state index in [1.807, 2.05) is 78.9 Å². The highest BCUT2D eigenvalue weighted by Crippen LogP contribution is 2.38. The number of nitrogens with zero attached hydrogens (tertiary/aromatic N) is 2. The maximum absolute atomic E-state index is 13.0. The standard InChI is InChI=1S/C23H20N4OS2/c28-21(25-19-14-8-3-9-15-19)20(18-12-6-2-7-13-18)29-23-27-26-22(30-23)24-16-17-10-4-1-5-11-17/h1-15,20H,16H2,(H,24,26)(H,25,28). The van der Waals surface area contributed by atoms with Gasteiger partial charge in [-0.2, -0.15) is 0 Å². The molecule has 4 aromatic rings. The van der Waals surface area contributed by atoms with Crippen molar-refractivity contribution < 1.29 is 4.79 Å². The van der Waals surface area contributed by atoms with E-state index in [-0.39, 0.29) is 5.91 Å². The van der Waals surface area contributed by atoms with Crippen LogP contribution in [0.25, 0.3) is 0 Å². The van der Waals surface area contributed by atoms with E-state index in [1.54, 1.807) is 0 Å². The first-order valence-corrected chi connectivity index (χ1v) is 11.2. The minimum Gasteiger partial charge on any atom is -0.356 e. The number of nitrogens with one attached hydrogen (secondary N) is 2. The van der Waals surface area contributed by atoms with Crippen molar-refractivity contribution >= 4 is 39.8 Å². The first kappa shape index (κ1) is 20.1. The van der Waals surface area contributed by atoms with E-state index in [2.05, 4.69) is 33.0 Å². The molecule has 0 saturated carbocycles. The molecule has 1 heterocycles. The molecule has 0 aliphatic carbocycles. The molecular weight excluding hydrogens is 412 g/mol. The van der Waals surface area contributed by atoms with Gasteiger partial charge in [-0.1, -0.05) is 102 Å². The normalized spacial score (nSPS) is 11.6. The van der Waals surface area contributed by atoms with E-state index < -0.39 is 5.25 Å². The predicted molar refractivity (Wildman–Crippen MR) is 124 cm³/mol. The molecule has 1 amide bonds. The monoisotopic (exact) mass is 432 g/mol. The van der Waals surface area contributed by atoms with Crippen LogP contribution in [0.5, 0.6) is 0 Å². The van der Waals surface area contributed by atoms with Gasteiger partial charge in [0.2, 0.25) is 11.0 Å². The Morgan fingerprint density at radius 1 is 0.867 bits per heavy atom. The lowest BCUT2D eigenvalue weighted by molar-refractivity contribution is -0.115. The van der Waals surface area contributed by atoms with Crippen molar-refractivity contribution in [1.82, 2.24) is 10.2 Å². The molecule has 5 nitrogen and oxygen atoms in total. The molecule has 3 aromatic carbocycles. The number of hydrogen-bond acceptors (Lipinski definition) is 6. The molecule has 0 fully saturated rings. The van der Waals surface area contributed by atoms with Gasteiger partial charge in [-0.25, -0.2) is 0 Å². The topological polar surface area (TPSA) is 66.9 Å². The Hall–Kier alpha value is -3.16. The van der Waals surface area contributed by atoms with Crippen LogP contribution < -0.4 is 10.6 Å². The number of rotatable bonds is 8. The third kappa shape index (κ3) is 5.46. The summed E-state index contributed by atoms with van der Waals surface area (Å²) < 4.78 is 0.739. The molecule has 0 radical (unpaired) electrons. The lowest BCUT2D eigenvalue weighted by atomic mass is 10.1. The summed E-state index contributed by atoms with van der Waals surface area (Å²) in [5, 5.41) is 15.1. The Bertz CT molecular complexity index is 1070. The van der Waals surface area contributed by atoms with E-state index in [9.17, 15) is 4.79 Å². The average molecular weight is 433 g/mol. The minimum absolute atomic E-state index is 0.0913. The lowest BCUT2D eigenvalue weighted by Crippen LogP contribution is -2.18. The summed E-state index contributed by atoms with van der Waals surface area (Å²) in [6.45, 7) is 0.677. The van der Waals surface area contributed by atoms with E-state index in [0.717, 1.165) is 20.7 Å². The number of amides is 1. The minimum atomic E-state index is -0.429. The maximum atomic E-state index is 13.0. The van der Waals surface area contributed by atoms with Crippen molar-refractivity contribution in [3.8, 4) is 0 Å². The van der Waals surface area contributed by atoms with Crippen molar-refractivity contribution in [2.45, 2.75) is 16.1 Å². The molecule has 4 rings (SSSR count). The van der Waals surface area contributed by atoms with Gasteiger partial charge in [-0.15, -0.1) is 10.2 Å². The molecular formula is C23H20N4OS2. The van der Waals surface area contributed by atoms with E-state index in [1.165, 1.54) is 28.7 Å². The zero-order chi connectivity index (χ0) is 20.6. The molecule has 2 N–H and O–H groups in total. The number of para-hydroxylation sites is 1. The van der Waals surface area contributed by atoms with Gasteiger partial charge in [0, 0.05) is 12.2 Å². The molecule has 0 spiro atoms. The molecule has 0 aliphatic heterocycles. The van der Waals surface area contributed by atoms with Gasteiger partial charge in [0.15, 0.2) is 4.34 Å². The van der Waals surface area contributed by atoms with Gasteiger partial charge in [-0.3, -0.25) is 4.79 Å². The predicted octanol–water partition coefficient (Wildman–Crippen LogP) is 5.62. The first-order valence-electron chi connectivity index (χ1n) is 9.47. The second-order valence-corrected chi connectivity index (χ2v) is 8.81. The highest BCUT2D eigenvalue weighted by molar-refractivity contribution is 8.02. The first-order chi connectivity index (χ1) is 14.8. The number of hydrogen-bond donors (Lipinski definition) is 2.